The molecule has 4 nitrogen and oxygen atoms in total. The number of hydrogen-bond acceptors (Lipinski definition) is 2. The molecule has 0 atom stereocenters. The van der Waals surface area contributed by atoms with Gasteiger partial charge in [0.1, 0.15) is 5.57 Å². The zero-order valence-electron chi connectivity index (χ0n) is 15.7. The topological polar surface area (TPSA) is 40.6 Å². The highest BCUT2D eigenvalue weighted by Gasteiger charge is 2.42. The van der Waals surface area contributed by atoms with E-state index in [1.165, 1.54) is 16.1 Å². The summed E-state index contributed by atoms with van der Waals surface area (Å²) in [5.74, 6) is -0.843. The Morgan fingerprint density at radius 3 is 1.57 bits per heavy atom. The van der Waals surface area contributed by atoms with Crippen molar-refractivity contribution < 1.29 is 9.59 Å². The molecule has 1 saturated heterocycles. The van der Waals surface area contributed by atoms with Crippen LogP contribution in [0.5, 0.6) is 0 Å². The number of rotatable bonds is 4. The fourth-order valence-corrected chi connectivity index (χ4v) is 3.35. The molecule has 0 aromatic heterocycles. The van der Waals surface area contributed by atoms with Crippen LogP contribution in [0.1, 0.15) is 5.56 Å². The van der Waals surface area contributed by atoms with Crippen LogP contribution in [-0.2, 0) is 9.59 Å². The van der Waals surface area contributed by atoms with Gasteiger partial charge in [-0.2, -0.15) is 0 Å². The molecule has 1 fully saturated rings. The smallest absolute Gasteiger partial charge is 0.267 e. The highest BCUT2D eigenvalue weighted by atomic mass is 35.5. The van der Waals surface area contributed by atoms with Crippen molar-refractivity contribution in [3.63, 3.8) is 0 Å². The van der Waals surface area contributed by atoms with Gasteiger partial charge in [0.05, 0.1) is 11.4 Å². The maximum atomic E-state index is 13.2. The second kappa shape index (κ2) is 8.57. The maximum Gasteiger partial charge on any atom is 0.283 e. The molecule has 6 heteroatoms. The largest absolute Gasteiger partial charge is 0.283 e. The third kappa shape index (κ3) is 4.01. The second-order valence-electron chi connectivity index (χ2n) is 6.54. The predicted molar refractivity (Wildman–Crippen MR) is 121 cm³/mol. The van der Waals surface area contributed by atoms with E-state index in [9.17, 15) is 9.59 Å². The first kappa shape index (κ1) is 20.0. The molecule has 1 aliphatic rings. The first-order valence-electron chi connectivity index (χ1n) is 9.18. The highest BCUT2D eigenvalue weighted by Crippen LogP contribution is 2.32. The quantitative estimate of drug-likeness (QED) is 0.377. The average Bonchev–Trinajstić information content (AvgIpc) is 3.00. The number of benzene rings is 3. The molecule has 0 bridgehead atoms. The number of halogens is 2. The third-order valence-electron chi connectivity index (χ3n) is 4.54. The number of allylic oxidation sites excluding steroid dienone is 2. The van der Waals surface area contributed by atoms with Crippen molar-refractivity contribution >= 4 is 52.5 Å². The summed E-state index contributed by atoms with van der Waals surface area (Å²) in [4.78, 5) is 26.4. The van der Waals surface area contributed by atoms with Gasteiger partial charge in [-0.15, -0.1) is 0 Å². The van der Waals surface area contributed by atoms with Crippen LogP contribution in [0.3, 0.4) is 0 Å². The van der Waals surface area contributed by atoms with Gasteiger partial charge in [-0.05, 0) is 60.2 Å². The molecule has 0 aliphatic carbocycles. The van der Waals surface area contributed by atoms with E-state index in [2.05, 4.69) is 0 Å². The van der Waals surface area contributed by atoms with Gasteiger partial charge in [0.15, 0.2) is 0 Å². The molecule has 0 N–H and O–H groups in total. The number of nitrogens with zero attached hydrogens (tertiary/aromatic N) is 2. The van der Waals surface area contributed by atoms with E-state index in [0.29, 0.717) is 21.4 Å². The van der Waals surface area contributed by atoms with Crippen molar-refractivity contribution in [1.29, 1.82) is 0 Å². The van der Waals surface area contributed by atoms with Crippen LogP contribution >= 0.6 is 23.2 Å². The zero-order chi connectivity index (χ0) is 21.1. The molecule has 2 amide bonds. The Morgan fingerprint density at radius 2 is 1.10 bits per heavy atom. The van der Waals surface area contributed by atoms with Gasteiger partial charge < -0.3 is 0 Å². The fraction of sp³-hybridized carbons (Fsp3) is 0. The first-order chi connectivity index (χ1) is 14.5. The Bertz CT molecular complexity index is 1070. The molecule has 0 saturated carbocycles. The van der Waals surface area contributed by atoms with Gasteiger partial charge in [0, 0.05) is 10.0 Å². The first-order valence-corrected chi connectivity index (χ1v) is 9.93. The van der Waals surface area contributed by atoms with Crippen LogP contribution in [0.2, 0.25) is 10.0 Å². The lowest BCUT2D eigenvalue weighted by molar-refractivity contribution is -0.116. The lowest BCUT2D eigenvalue weighted by Gasteiger charge is -2.27. The van der Waals surface area contributed by atoms with E-state index in [1.54, 1.807) is 54.6 Å². The van der Waals surface area contributed by atoms with Gasteiger partial charge in [-0.1, -0.05) is 65.7 Å². The van der Waals surface area contributed by atoms with E-state index < -0.39 is 11.8 Å². The summed E-state index contributed by atoms with van der Waals surface area (Å²) in [6.45, 7) is 0. The maximum absolute atomic E-state index is 13.2. The molecule has 1 heterocycles. The number of carbonyl (C=O) groups is 2. The van der Waals surface area contributed by atoms with E-state index in [-0.39, 0.29) is 5.57 Å². The normalized spacial score (nSPS) is 14.1. The second-order valence-corrected chi connectivity index (χ2v) is 7.41. The third-order valence-corrected chi connectivity index (χ3v) is 5.04. The standard InChI is InChI=1S/C24H16Cl2N2O2/c25-18-9-13-20(14-10-18)27-23(29)22(8-4-7-17-5-2-1-3-6-17)24(30)28(27)21-15-11-19(26)12-16-21/h1-16H/b7-4+. The number of hydrazine groups is 1. The number of carbonyl (C=O) groups excluding carboxylic acids is 2. The highest BCUT2D eigenvalue weighted by molar-refractivity contribution is 6.36. The van der Waals surface area contributed by atoms with E-state index in [0.717, 1.165) is 5.56 Å². The van der Waals surface area contributed by atoms with Crippen molar-refractivity contribution in [2.75, 3.05) is 10.0 Å². The van der Waals surface area contributed by atoms with Crippen molar-refractivity contribution in [2.24, 2.45) is 0 Å². The number of hydrogen-bond donors (Lipinski definition) is 0. The summed E-state index contributed by atoms with van der Waals surface area (Å²) >= 11 is 12.0. The number of amides is 2. The summed E-state index contributed by atoms with van der Waals surface area (Å²) in [6.07, 6.45) is 5.08. The lowest BCUT2D eigenvalue weighted by atomic mass is 10.1. The minimum atomic E-state index is -0.421. The van der Waals surface area contributed by atoms with Crippen LogP contribution in [0.4, 0.5) is 11.4 Å². The molecule has 0 unspecified atom stereocenters. The minimum Gasteiger partial charge on any atom is -0.267 e. The Kier molecular flexibility index (Phi) is 5.70. The molecular formula is C24H16Cl2N2O2. The summed E-state index contributed by atoms with van der Waals surface area (Å²) in [5, 5.41) is 3.75. The van der Waals surface area contributed by atoms with Gasteiger partial charge in [0.2, 0.25) is 0 Å². The number of anilines is 2. The van der Waals surface area contributed by atoms with Crippen LogP contribution in [0.25, 0.3) is 6.08 Å². The molecule has 148 valence electrons. The van der Waals surface area contributed by atoms with Crippen LogP contribution in [-0.4, -0.2) is 11.8 Å². The van der Waals surface area contributed by atoms with Crippen molar-refractivity contribution in [3.05, 3.63) is 112 Å². The van der Waals surface area contributed by atoms with E-state index in [4.69, 9.17) is 23.2 Å². The van der Waals surface area contributed by atoms with Crippen molar-refractivity contribution in [2.45, 2.75) is 0 Å². The Balaban J connectivity index is 1.74. The van der Waals surface area contributed by atoms with Crippen molar-refractivity contribution in [3.8, 4) is 0 Å². The Morgan fingerprint density at radius 1 is 0.633 bits per heavy atom. The van der Waals surface area contributed by atoms with E-state index >= 15 is 0 Å². The molecule has 3 aromatic carbocycles. The lowest BCUT2D eigenvalue weighted by Crippen LogP contribution is -2.41. The molecule has 1 aliphatic heterocycles. The molecular weight excluding hydrogens is 419 g/mol. The molecule has 0 radical (unpaired) electrons. The molecule has 0 spiro atoms. The van der Waals surface area contributed by atoms with Gasteiger partial charge >= 0.3 is 0 Å². The van der Waals surface area contributed by atoms with Gasteiger partial charge in [0.25, 0.3) is 11.8 Å². The average molecular weight is 435 g/mol. The summed E-state index contributed by atoms with van der Waals surface area (Å²) in [5.41, 5.74) is 2.09. The van der Waals surface area contributed by atoms with Crippen LogP contribution in [0.15, 0.2) is 96.6 Å². The summed E-state index contributed by atoms with van der Waals surface area (Å²) < 4.78 is 0. The van der Waals surface area contributed by atoms with Crippen molar-refractivity contribution in [1.82, 2.24) is 0 Å². The predicted octanol–water partition coefficient (Wildman–Crippen LogP) is 5.93. The SMILES string of the molecule is O=C1C(=C/C=C/c2ccccc2)C(=O)N(c2ccc(Cl)cc2)N1c1ccc(Cl)cc1. The van der Waals surface area contributed by atoms with Gasteiger partial charge in [-0.25, -0.2) is 10.0 Å². The Hall–Kier alpha value is -3.34. The minimum absolute atomic E-state index is 0.0621. The molecule has 3 aromatic rings. The summed E-state index contributed by atoms with van der Waals surface area (Å²) in [6, 6.07) is 23.1. The van der Waals surface area contributed by atoms with Gasteiger partial charge in [-0.3, -0.25) is 9.59 Å². The van der Waals surface area contributed by atoms with Crippen LogP contribution < -0.4 is 10.0 Å². The fourth-order valence-electron chi connectivity index (χ4n) is 3.09. The van der Waals surface area contributed by atoms with E-state index in [1.807, 2.05) is 36.4 Å². The molecule has 30 heavy (non-hydrogen) atoms. The monoisotopic (exact) mass is 434 g/mol. The van der Waals surface area contributed by atoms with Crippen LogP contribution in [0, 0.1) is 0 Å². The summed E-state index contributed by atoms with van der Waals surface area (Å²) in [7, 11) is 0. The Labute approximate surface area is 184 Å². The molecule has 4 rings (SSSR count). The zero-order valence-corrected chi connectivity index (χ0v) is 17.2.